The summed E-state index contributed by atoms with van der Waals surface area (Å²) in [4.78, 5) is 0. The maximum atomic E-state index is 4.85. The molecule has 0 saturated carbocycles. The number of benzene rings is 2. The quantitative estimate of drug-likeness (QED) is 0.401. The number of hydrogen-bond donors (Lipinski definition) is 2. The molecular formula is C20H24CaN2S4. The van der Waals surface area contributed by atoms with Gasteiger partial charge in [-0.1, -0.05) is 69.3 Å². The zero-order chi connectivity index (χ0) is 19.8. The average Bonchev–Trinajstić information content (AvgIpc) is 2.55. The van der Waals surface area contributed by atoms with E-state index in [2.05, 4.69) is 62.6 Å². The van der Waals surface area contributed by atoms with E-state index in [-0.39, 0.29) is 48.8 Å². The van der Waals surface area contributed by atoms with E-state index in [9.17, 15) is 0 Å². The standard InChI is InChI=1S/2C10H13NS2.Ca/c2*1-10(2,11-9(12)13)8-6-4-3-5-7-8;/h2*3-7H,1-2H3,(H2,11,12,13);/q;;+2/p-2. The minimum Gasteiger partial charge on any atom is -0.412 e. The summed E-state index contributed by atoms with van der Waals surface area (Å²) in [5.41, 5.74) is 2.00. The van der Waals surface area contributed by atoms with Gasteiger partial charge in [0.15, 0.2) is 0 Å². The topological polar surface area (TPSA) is 24.1 Å². The van der Waals surface area contributed by atoms with Crippen LogP contribution in [0.2, 0.25) is 0 Å². The zero-order valence-electron chi connectivity index (χ0n) is 16.1. The van der Waals surface area contributed by atoms with Gasteiger partial charge in [0.1, 0.15) is 0 Å². The van der Waals surface area contributed by atoms with E-state index in [4.69, 9.17) is 49.7 Å². The Labute approximate surface area is 215 Å². The molecular weight excluding hydrogens is 437 g/mol. The van der Waals surface area contributed by atoms with Crippen LogP contribution in [0.25, 0.3) is 0 Å². The van der Waals surface area contributed by atoms with Crippen molar-refractivity contribution in [1.82, 2.24) is 10.6 Å². The number of thiocarbonyl (C=S) groups is 2. The van der Waals surface area contributed by atoms with Crippen LogP contribution in [-0.2, 0) is 36.3 Å². The van der Waals surface area contributed by atoms with Crippen molar-refractivity contribution >= 4 is 96.1 Å². The van der Waals surface area contributed by atoms with Gasteiger partial charge in [-0.3, -0.25) is 0 Å². The third-order valence-corrected chi connectivity index (χ3v) is 4.23. The van der Waals surface area contributed by atoms with Gasteiger partial charge in [-0.05, 0) is 38.8 Å². The minimum absolute atomic E-state index is 0. The van der Waals surface area contributed by atoms with Crippen LogP contribution in [0.3, 0.4) is 0 Å². The van der Waals surface area contributed by atoms with Crippen LogP contribution in [0.5, 0.6) is 0 Å². The van der Waals surface area contributed by atoms with E-state index in [0.29, 0.717) is 8.64 Å². The first-order valence-corrected chi connectivity index (χ1v) is 9.77. The van der Waals surface area contributed by atoms with Gasteiger partial charge in [0.25, 0.3) is 0 Å². The maximum absolute atomic E-state index is 4.85. The third-order valence-electron chi connectivity index (χ3n) is 3.82. The number of nitrogens with one attached hydrogen (secondary N) is 2. The van der Waals surface area contributed by atoms with E-state index >= 15 is 0 Å². The average molecular weight is 461 g/mol. The Balaban J connectivity index is 0.000000483. The van der Waals surface area contributed by atoms with Gasteiger partial charge in [-0.2, -0.15) is 0 Å². The Bertz CT molecular complexity index is 656. The molecule has 0 saturated heterocycles. The molecule has 0 spiro atoms. The van der Waals surface area contributed by atoms with E-state index in [0.717, 1.165) is 0 Å². The molecule has 2 nitrogen and oxygen atoms in total. The van der Waals surface area contributed by atoms with Crippen molar-refractivity contribution in [2.45, 2.75) is 38.8 Å². The summed E-state index contributed by atoms with van der Waals surface area (Å²) in [7, 11) is 0. The van der Waals surface area contributed by atoms with Gasteiger partial charge in [0.05, 0.1) is 11.1 Å². The second kappa shape index (κ2) is 12.5. The molecule has 0 bridgehead atoms. The van der Waals surface area contributed by atoms with E-state index in [1.54, 1.807) is 0 Å². The molecule has 140 valence electrons. The van der Waals surface area contributed by atoms with Gasteiger partial charge in [0, 0.05) is 0 Å². The molecule has 0 radical (unpaired) electrons. The maximum Gasteiger partial charge on any atom is 2.00 e. The fourth-order valence-electron chi connectivity index (χ4n) is 2.36. The predicted molar refractivity (Wildman–Crippen MR) is 131 cm³/mol. The molecule has 0 atom stereocenters. The van der Waals surface area contributed by atoms with Crippen molar-refractivity contribution in [2.75, 3.05) is 0 Å². The normalized spacial score (nSPS) is 10.5. The van der Waals surface area contributed by atoms with Crippen LogP contribution in [0.15, 0.2) is 60.7 Å². The summed E-state index contributed by atoms with van der Waals surface area (Å²) in [6.07, 6.45) is 0. The van der Waals surface area contributed by atoms with Crippen molar-refractivity contribution < 1.29 is 0 Å². The molecule has 2 rings (SSSR count). The van der Waals surface area contributed by atoms with Crippen LogP contribution >= 0.6 is 24.4 Å². The summed E-state index contributed by atoms with van der Waals surface area (Å²) in [5.74, 6) is 0. The van der Waals surface area contributed by atoms with Crippen LogP contribution in [-0.4, -0.2) is 46.4 Å². The van der Waals surface area contributed by atoms with Crippen molar-refractivity contribution in [3.8, 4) is 0 Å². The van der Waals surface area contributed by atoms with E-state index < -0.39 is 0 Å². The zero-order valence-corrected chi connectivity index (χ0v) is 21.6. The fraction of sp³-hybridized carbons (Fsp3) is 0.300. The molecule has 0 amide bonds. The first kappa shape index (κ1) is 26.9. The molecule has 0 heterocycles. The van der Waals surface area contributed by atoms with E-state index in [1.165, 1.54) is 11.1 Å². The molecule has 0 fully saturated rings. The predicted octanol–water partition coefficient (Wildman–Crippen LogP) is 4.31. The Morgan fingerprint density at radius 2 is 0.926 bits per heavy atom. The van der Waals surface area contributed by atoms with Gasteiger partial charge >= 0.3 is 37.7 Å². The van der Waals surface area contributed by atoms with Crippen molar-refractivity contribution in [1.29, 1.82) is 0 Å². The molecule has 0 aromatic heterocycles. The molecule has 0 aliphatic heterocycles. The minimum atomic E-state index is -0.180. The van der Waals surface area contributed by atoms with Gasteiger partial charge < -0.3 is 60.3 Å². The summed E-state index contributed by atoms with van der Waals surface area (Å²) < 4.78 is 0.822. The van der Waals surface area contributed by atoms with Crippen LogP contribution in [0, 0.1) is 0 Å². The number of hydrogen-bond acceptors (Lipinski definition) is 4. The first-order chi connectivity index (χ1) is 12.0. The summed E-state index contributed by atoms with van der Waals surface area (Å²) in [6.45, 7) is 8.23. The molecule has 0 aliphatic rings. The summed E-state index contributed by atoms with van der Waals surface area (Å²) in [6, 6.07) is 20.2. The molecule has 2 N–H and O–H groups in total. The van der Waals surface area contributed by atoms with Crippen molar-refractivity contribution in [3.63, 3.8) is 0 Å². The Morgan fingerprint density at radius 3 is 1.15 bits per heavy atom. The Hall–Kier alpha value is -0.0803. The molecule has 7 heteroatoms. The molecule has 2 aromatic rings. The second-order valence-electron chi connectivity index (χ2n) is 6.81. The van der Waals surface area contributed by atoms with Gasteiger partial charge in [-0.25, -0.2) is 0 Å². The second-order valence-corrected chi connectivity index (χ2v) is 8.96. The third kappa shape index (κ3) is 10.3. The molecule has 27 heavy (non-hydrogen) atoms. The number of rotatable bonds is 4. The largest absolute Gasteiger partial charge is 2.00 e. The first-order valence-electron chi connectivity index (χ1n) is 8.14. The monoisotopic (exact) mass is 460 g/mol. The molecule has 2 aromatic carbocycles. The van der Waals surface area contributed by atoms with Crippen molar-refractivity contribution in [3.05, 3.63) is 71.8 Å². The van der Waals surface area contributed by atoms with Crippen LogP contribution < -0.4 is 10.6 Å². The SMILES string of the molecule is CC(C)(NC(=S)[S-])c1ccccc1.CC(C)(NC(=S)[S-])c1ccccc1.[Ca+2]. The van der Waals surface area contributed by atoms with Gasteiger partial charge in [0.2, 0.25) is 0 Å². The van der Waals surface area contributed by atoms with E-state index in [1.807, 2.05) is 36.4 Å². The van der Waals surface area contributed by atoms with Gasteiger partial charge in [-0.15, -0.1) is 0 Å². The smallest absolute Gasteiger partial charge is 0.412 e. The van der Waals surface area contributed by atoms with Crippen molar-refractivity contribution in [2.24, 2.45) is 0 Å². The summed E-state index contributed by atoms with van der Waals surface area (Å²) in [5, 5.41) is 6.16. The summed E-state index contributed by atoms with van der Waals surface area (Å²) >= 11 is 19.4. The molecule has 0 aliphatic carbocycles. The Morgan fingerprint density at radius 1 is 0.667 bits per heavy atom. The fourth-order valence-corrected chi connectivity index (χ4v) is 3.38. The van der Waals surface area contributed by atoms with Crippen LogP contribution in [0.1, 0.15) is 38.8 Å². The molecule has 0 unspecified atom stereocenters. The Kier molecular flexibility index (Phi) is 12.4. The van der Waals surface area contributed by atoms with Crippen LogP contribution in [0.4, 0.5) is 0 Å².